The second-order valence-corrected chi connectivity index (χ2v) is 5.51. The summed E-state index contributed by atoms with van der Waals surface area (Å²) in [6.07, 6.45) is 4.88. The summed E-state index contributed by atoms with van der Waals surface area (Å²) >= 11 is 6.04. The average molecular weight is 264 g/mol. The smallest absolute Gasteiger partial charge is 0.111 e. The Bertz CT molecular complexity index is 555. The first-order valence-corrected chi connectivity index (χ1v) is 6.96. The Kier molecular flexibility index (Phi) is 3.27. The quantitative estimate of drug-likeness (QED) is 0.903. The van der Waals surface area contributed by atoms with Gasteiger partial charge in [0, 0.05) is 24.5 Å². The molecule has 1 fully saturated rings. The Morgan fingerprint density at radius 2 is 2.33 bits per heavy atom. The highest BCUT2D eigenvalue weighted by molar-refractivity contribution is 6.31. The molecule has 1 unspecified atom stereocenters. The van der Waals surface area contributed by atoms with E-state index in [4.69, 9.17) is 16.6 Å². The van der Waals surface area contributed by atoms with Crippen LogP contribution in [-0.4, -0.2) is 22.1 Å². The van der Waals surface area contributed by atoms with Crippen LogP contribution < -0.4 is 5.32 Å². The maximum absolute atomic E-state index is 6.04. The lowest BCUT2D eigenvalue weighted by Gasteiger charge is -2.22. The zero-order chi connectivity index (χ0) is 12.5. The normalized spacial score (nSPS) is 20.4. The third kappa shape index (κ3) is 2.25. The number of hydrogen-bond acceptors (Lipinski definition) is 2. The van der Waals surface area contributed by atoms with Crippen LogP contribution in [0.1, 0.15) is 25.1 Å². The Morgan fingerprint density at radius 3 is 3.11 bits per heavy atom. The van der Waals surface area contributed by atoms with Gasteiger partial charge in [0.25, 0.3) is 0 Å². The number of hydrogen-bond donors (Lipinski definition) is 1. The minimum absolute atomic E-state index is 0.574. The summed E-state index contributed by atoms with van der Waals surface area (Å²) in [5, 5.41) is 4.34. The topological polar surface area (TPSA) is 29.9 Å². The van der Waals surface area contributed by atoms with E-state index in [1.807, 2.05) is 18.2 Å². The van der Waals surface area contributed by atoms with Crippen LogP contribution in [0.25, 0.3) is 11.0 Å². The first-order valence-electron chi connectivity index (χ1n) is 6.58. The molecule has 18 heavy (non-hydrogen) atoms. The standard InChI is InChI=1S/C14H18ClN3/c1-18-13-8-10(15)5-6-12(13)17-14(18)9-11-4-2-3-7-16-11/h5-6,8,11,16H,2-4,7,9H2,1H3. The van der Waals surface area contributed by atoms with Gasteiger partial charge in [0.2, 0.25) is 0 Å². The fourth-order valence-electron chi connectivity index (χ4n) is 2.71. The van der Waals surface area contributed by atoms with Crippen molar-refractivity contribution in [3.05, 3.63) is 29.0 Å². The molecule has 3 nitrogen and oxygen atoms in total. The summed E-state index contributed by atoms with van der Waals surface area (Å²) in [5.74, 6) is 1.15. The second kappa shape index (κ2) is 4.90. The minimum Gasteiger partial charge on any atom is -0.331 e. The maximum atomic E-state index is 6.04. The molecule has 0 bridgehead atoms. The third-order valence-electron chi connectivity index (χ3n) is 3.78. The number of nitrogens with zero attached hydrogens (tertiary/aromatic N) is 2. The second-order valence-electron chi connectivity index (χ2n) is 5.07. The van der Waals surface area contributed by atoms with Crippen molar-refractivity contribution in [3.63, 3.8) is 0 Å². The Balaban J connectivity index is 1.89. The Labute approximate surface area is 112 Å². The number of rotatable bonds is 2. The molecule has 1 N–H and O–H groups in total. The van der Waals surface area contributed by atoms with Crippen LogP contribution in [0.5, 0.6) is 0 Å². The highest BCUT2D eigenvalue weighted by atomic mass is 35.5. The van der Waals surface area contributed by atoms with Crippen molar-refractivity contribution < 1.29 is 0 Å². The monoisotopic (exact) mass is 263 g/mol. The van der Waals surface area contributed by atoms with Gasteiger partial charge in [-0.2, -0.15) is 0 Å². The van der Waals surface area contributed by atoms with Crippen LogP contribution in [0.3, 0.4) is 0 Å². The van der Waals surface area contributed by atoms with E-state index in [2.05, 4.69) is 16.9 Å². The number of halogens is 1. The number of imidazole rings is 1. The van der Waals surface area contributed by atoms with Gasteiger partial charge in [-0.05, 0) is 37.6 Å². The third-order valence-corrected chi connectivity index (χ3v) is 4.01. The molecule has 0 aliphatic carbocycles. The molecule has 4 heteroatoms. The Morgan fingerprint density at radius 1 is 1.44 bits per heavy atom. The van der Waals surface area contributed by atoms with Crippen molar-refractivity contribution in [2.75, 3.05) is 6.54 Å². The number of benzene rings is 1. The molecule has 1 aliphatic heterocycles. The molecular formula is C14H18ClN3. The predicted molar refractivity (Wildman–Crippen MR) is 75.1 cm³/mol. The molecule has 1 aliphatic rings. The van der Waals surface area contributed by atoms with Crippen molar-refractivity contribution in [3.8, 4) is 0 Å². The van der Waals surface area contributed by atoms with Gasteiger partial charge in [-0.1, -0.05) is 18.0 Å². The number of nitrogens with one attached hydrogen (secondary N) is 1. The van der Waals surface area contributed by atoms with Gasteiger partial charge in [0.05, 0.1) is 11.0 Å². The molecule has 0 radical (unpaired) electrons. The molecule has 1 saturated heterocycles. The van der Waals surface area contributed by atoms with Crippen LogP contribution in [-0.2, 0) is 13.5 Å². The molecule has 1 atom stereocenters. The summed E-state index contributed by atoms with van der Waals surface area (Å²) in [6, 6.07) is 6.46. The lowest BCUT2D eigenvalue weighted by atomic mass is 10.0. The fourth-order valence-corrected chi connectivity index (χ4v) is 2.88. The molecule has 2 heterocycles. The largest absolute Gasteiger partial charge is 0.331 e. The summed E-state index contributed by atoms with van der Waals surface area (Å²) < 4.78 is 2.16. The Hall–Kier alpha value is -1.06. The summed E-state index contributed by atoms with van der Waals surface area (Å²) in [4.78, 5) is 4.71. The van der Waals surface area contributed by atoms with Crippen LogP contribution in [0, 0.1) is 0 Å². The van der Waals surface area contributed by atoms with Crippen LogP contribution in [0.15, 0.2) is 18.2 Å². The zero-order valence-electron chi connectivity index (χ0n) is 10.6. The molecule has 3 rings (SSSR count). The average Bonchev–Trinajstić information content (AvgIpc) is 2.68. The molecule has 1 aromatic heterocycles. The van der Waals surface area contributed by atoms with Crippen LogP contribution in [0.4, 0.5) is 0 Å². The van der Waals surface area contributed by atoms with Crippen molar-refractivity contribution in [1.29, 1.82) is 0 Å². The van der Waals surface area contributed by atoms with Gasteiger partial charge < -0.3 is 9.88 Å². The molecule has 0 amide bonds. The summed E-state index contributed by atoms with van der Waals surface area (Å²) in [7, 11) is 2.07. The van der Waals surface area contributed by atoms with Crippen molar-refractivity contribution in [2.45, 2.75) is 31.7 Å². The van der Waals surface area contributed by atoms with Crippen molar-refractivity contribution >= 4 is 22.6 Å². The zero-order valence-corrected chi connectivity index (χ0v) is 11.4. The molecule has 0 spiro atoms. The van der Waals surface area contributed by atoms with E-state index in [-0.39, 0.29) is 0 Å². The predicted octanol–water partition coefficient (Wildman–Crippen LogP) is 2.91. The van der Waals surface area contributed by atoms with Crippen molar-refractivity contribution in [2.24, 2.45) is 7.05 Å². The van der Waals surface area contributed by atoms with Crippen LogP contribution >= 0.6 is 11.6 Å². The van der Waals surface area contributed by atoms with E-state index in [0.717, 1.165) is 34.8 Å². The van der Waals surface area contributed by atoms with E-state index >= 15 is 0 Å². The molecule has 2 aromatic rings. The lowest BCUT2D eigenvalue weighted by molar-refractivity contribution is 0.392. The number of fused-ring (bicyclic) bond motifs is 1. The van der Waals surface area contributed by atoms with Gasteiger partial charge in [-0.25, -0.2) is 4.98 Å². The van der Waals surface area contributed by atoms with E-state index in [0.29, 0.717) is 6.04 Å². The van der Waals surface area contributed by atoms with E-state index in [1.165, 1.54) is 19.3 Å². The SMILES string of the molecule is Cn1c(CC2CCCCN2)nc2ccc(Cl)cc21. The fraction of sp³-hybridized carbons (Fsp3) is 0.500. The number of aryl methyl sites for hydroxylation is 1. The highest BCUT2D eigenvalue weighted by Crippen LogP contribution is 2.21. The first-order chi connectivity index (χ1) is 8.74. The van der Waals surface area contributed by atoms with Gasteiger partial charge in [0.1, 0.15) is 5.82 Å². The maximum Gasteiger partial charge on any atom is 0.111 e. The van der Waals surface area contributed by atoms with E-state index < -0.39 is 0 Å². The van der Waals surface area contributed by atoms with Gasteiger partial charge in [-0.15, -0.1) is 0 Å². The number of aromatic nitrogens is 2. The summed E-state index contributed by atoms with van der Waals surface area (Å²) in [6.45, 7) is 1.14. The van der Waals surface area contributed by atoms with Gasteiger partial charge in [0.15, 0.2) is 0 Å². The minimum atomic E-state index is 0.574. The number of piperidine rings is 1. The summed E-state index contributed by atoms with van der Waals surface area (Å²) in [5.41, 5.74) is 2.15. The molecular weight excluding hydrogens is 246 g/mol. The highest BCUT2D eigenvalue weighted by Gasteiger charge is 2.16. The first kappa shape index (κ1) is 12.0. The van der Waals surface area contributed by atoms with E-state index in [1.54, 1.807) is 0 Å². The van der Waals surface area contributed by atoms with E-state index in [9.17, 15) is 0 Å². The van der Waals surface area contributed by atoms with Crippen molar-refractivity contribution in [1.82, 2.24) is 14.9 Å². The van der Waals surface area contributed by atoms with Crippen LogP contribution in [0.2, 0.25) is 5.02 Å². The molecule has 0 saturated carbocycles. The molecule has 1 aromatic carbocycles. The molecule has 96 valence electrons. The lowest BCUT2D eigenvalue weighted by Crippen LogP contribution is -2.36. The van der Waals surface area contributed by atoms with Gasteiger partial charge in [-0.3, -0.25) is 0 Å². The van der Waals surface area contributed by atoms with Gasteiger partial charge >= 0.3 is 0 Å².